The summed E-state index contributed by atoms with van der Waals surface area (Å²) in [5, 5.41) is 0. The number of nitrogens with zero attached hydrogens (tertiary/aromatic N) is 4. The average Bonchev–Trinajstić information content (AvgIpc) is 3.02. The number of sulfonamides is 1. The first-order chi connectivity index (χ1) is 10.5. The molecule has 22 heavy (non-hydrogen) atoms. The second-order valence-electron chi connectivity index (χ2n) is 5.83. The van der Waals surface area contributed by atoms with Crippen molar-refractivity contribution in [2.75, 3.05) is 19.3 Å². The number of imidazole rings is 1. The minimum atomic E-state index is -3.08. The summed E-state index contributed by atoms with van der Waals surface area (Å²) in [6.07, 6.45) is 11.3. The monoisotopic (exact) mass is 320 g/mol. The number of piperidine rings is 1. The Labute approximate surface area is 130 Å². The molecule has 0 spiro atoms. The second-order valence-corrected chi connectivity index (χ2v) is 7.81. The number of hydrogen-bond donors (Lipinski definition) is 0. The van der Waals surface area contributed by atoms with Gasteiger partial charge in [0.05, 0.1) is 6.26 Å². The van der Waals surface area contributed by atoms with Gasteiger partial charge in [0.2, 0.25) is 10.0 Å². The molecule has 2 aromatic heterocycles. The van der Waals surface area contributed by atoms with Crippen LogP contribution in [0.3, 0.4) is 0 Å². The van der Waals surface area contributed by atoms with Crippen LogP contribution in [0.4, 0.5) is 0 Å². The summed E-state index contributed by atoms with van der Waals surface area (Å²) in [5.41, 5.74) is 1.14. The number of hydrogen-bond acceptors (Lipinski definition) is 4. The van der Waals surface area contributed by atoms with E-state index in [1.807, 2.05) is 23.0 Å². The van der Waals surface area contributed by atoms with Gasteiger partial charge in [-0.1, -0.05) is 6.07 Å². The first kappa shape index (κ1) is 15.2. The fourth-order valence-corrected chi connectivity index (χ4v) is 3.86. The molecular formula is C15H20N4O2S. The van der Waals surface area contributed by atoms with E-state index in [4.69, 9.17) is 0 Å². The average molecular weight is 320 g/mol. The lowest BCUT2D eigenvalue weighted by molar-refractivity contribution is 0.266. The van der Waals surface area contributed by atoms with Crippen molar-refractivity contribution in [2.45, 2.75) is 19.3 Å². The Morgan fingerprint density at radius 2 is 2.23 bits per heavy atom. The molecule has 1 aliphatic rings. The van der Waals surface area contributed by atoms with Gasteiger partial charge in [-0.25, -0.2) is 22.7 Å². The van der Waals surface area contributed by atoms with E-state index in [0.29, 0.717) is 19.0 Å². The van der Waals surface area contributed by atoms with Crippen LogP contribution in [0.25, 0.3) is 5.82 Å². The van der Waals surface area contributed by atoms with Crippen molar-refractivity contribution in [2.24, 2.45) is 5.92 Å². The Kier molecular flexibility index (Phi) is 4.26. The largest absolute Gasteiger partial charge is 0.291 e. The van der Waals surface area contributed by atoms with E-state index in [2.05, 4.69) is 16.0 Å². The normalized spacial score (nSPS) is 20.1. The summed E-state index contributed by atoms with van der Waals surface area (Å²) in [4.78, 5) is 8.45. The summed E-state index contributed by atoms with van der Waals surface area (Å²) in [6, 6.07) is 4.02. The molecule has 0 radical (unpaired) electrons. The third kappa shape index (κ3) is 3.53. The van der Waals surface area contributed by atoms with Crippen LogP contribution < -0.4 is 0 Å². The van der Waals surface area contributed by atoms with Crippen LogP contribution in [0.1, 0.15) is 18.4 Å². The molecule has 2 aromatic rings. The molecule has 1 aliphatic heterocycles. The third-order valence-corrected chi connectivity index (χ3v) is 5.32. The second kappa shape index (κ2) is 6.18. The van der Waals surface area contributed by atoms with Crippen LogP contribution in [-0.2, 0) is 16.4 Å². The van der Waals surface area contributed by atoms with Gasteiger partial charge >= 0.3 is 0 Å². The molecule has 1 unspecified atom stereocenters. The lowest BCUT2D eigenvalue weighted by Gasteiger charge is -2.30. The van der Waals surface area contributed by atoms with E-state index in [1.54, 1.807) is 16.8 Å². The maximum absolute atomic E-state index is 11.7. The van der Waals surface area contributed by atoms with Crippen molar-refractivity contribution < 1.29 is 8.42 Å². The minimum absolute atomic E-state index is 0.365. The van der Waals surface area contributed by atoms with Gasteiger partial charge in [-0.3, -0.25) is 4.57 Å². The Balaban J connectivity index is 1.66. The van der Waals surface area contributed by atoms with E-state index >= 15 is 0 Å². The van der Waals surface area contributed by atoms with E-state index < -0.39 is 10.0 Å². The zero-order valence-electron chi connectivity index (χ0n) is 12.6. The fourth-order valence-electron chi connectivity index (χ4n) is 2.91. The van der Waals surface area contributed by atoms with Crippen LogP contribution in [0.5, 0.6) is 0 Å². The SMILES string of the molecule is CS(=O)(=O)N1CCCC(Cc2ccc(-n3ccnc3)nc2)C1. The van der Waals surface area contributed by atoms with Gasteiger partial charge in [-0.2, -0.15) is 0 Å². The molecule has 6 nitrogen and oxygen atoms in total. The van der Waals surface area contributed by atoms with Gasteiger partial charge in [-0.15, -0.1) is 0 Å². The molecule has 0 amide bonds. The molecule has 7 heteroatoms. The van der Waals surface area contributed by atoms with Crippen molar-refractivity contribution >= 4 is 10.0 Å². The summed E-state index contributed by atoms with van der Waals surface area (Å²) < 4.78 is 26.8. The summed E-state index contributed by atoms with van der Waals surface area (Å²) >= 11 is 0. The van der Waals surface area contributed by atoms with Crippen molar-refractivity contribution in [3.63, 3.8) is 0 Å². The fraction of sp³-hybridized carbons (Fsp3) is 0.467. The first-order valence-electron chi connectivity index (χ1n) is 7.41. The van der Waals surface area contributed by atoms with Crippen molar-refractivity contribution in [1.29, 1.82) is 0 Å². The molecule has 3 heterocycles. The quantitative estimate of drug-likeness (QED) is 0.856. The summed E-state index contributed by atoms with van der Waals surface area (Å²) in [6.45, 7) is 1.26. The van der Waals surface area contributed by atoms with Gasteiger partial charge in [0.25, 0.3) is 0 Å². The molecule has 118 valence electrons. The molecule has 0 saturated carbocycles. The van der Waals surface area contributed by atoms with E-state index in [-0.39, 0.29) is 0 Å². The van der Waals surface area contributed by atoms with Gasteiger partial charge in [-0.05, 0) is 36.8 Å². The Hall–Kier alpha value is -1.73. The topological polar surface area (TPSA) is 68.1 Å². The number of rotatable bonds is 4. The maximum Gasteiger partial charge on any atom is 0.211 e. The molecule has 1 fully saturated rings. The zero-order valence-corrected chi connectivity index (χ0v) is 13.4. The van der Waals surface area contributed by atoms with E-state index in [9.17, 15) is 8.42 Å². The Morgan fingerprint density at radius 1 is 1.36 bits per heavy atom. The molecule has 0 aromatic carbocycles. The first-order valence-corrected chi connectivity index (χ1v) is 9.25. The molecule has 0 N–H and O–H groups in total. The van der Waals surface area contributed by atoms with Crippen molar-refractivity contribution in [1.82, 2.24) is 18.8 Å². The molecule has 3 rings (SSSR count). The standard InChI is InChI=1S/C15H20N4O2S/c1-22(20,21)19-7-2-3-14(11-19)9-13-4-5-15(17-10-13)18-8-6-16-12-18/h4-6,8,10,12,14H,2-3,7,9,11H2,1H3. The summed E-state index contributed by atoms with van der Waals surface area (Å²) in [5.74, 6) is 1.20. The Morgan fingerprint density at radius 3 is 2.86 bits per heavy atom. The summed E-state index contributed by atoms with van der Waals surface area (Å²) in [7, 11) is -3.08. The van der Waals surface area contributed by atoms with Crippen LogP contribution in [-0.4, -0.2) is 46.6 Å². The zero-order chi connectivity index (χ0) is 15.6. The molecule has 0 aliphatic carbocycles. The third-order valence-electron chi connectivity index (χ3n) is 4.05. The van der Waals surface area contributed by atoms with E-state index in [0.717, 1.165) is 30.6 Å². The predicted molar refractivity (Wildman–Crippen MR) is 84.2 cm³/mol. The van der Waals surface area contributed by atoms with Crippen molar-refractivity contribution in [3.8, 4) is 5.82 Å². The molecular weight excluding hydrogens is 300 g/mol. The lowest BCUT2D eigenvalue weighted by atomic mass is 9.93. The van der Waals surface area contributed by atoms with Gasteiger partial charge < -0.3 is 0 Å². The highest BCUT2D eigenvalue weighted by molar-refractivity contribution is 7.88. The maximum atomic E-state index is 11.7. The van der Waals surface area contributed by atoms with Gasteiger partial charge in [0.1, 0.15) is 12.1 Å². The van der Waals surface area contributed by atoms with Crippen LogP contribution in [0.15, 0.2) is 37.1 Å². The highest BCUT2D eigenvalue weighted by Gasteiger charge is 2.25. The highest BCUT2D eigenvalue weighted by Crippen LogP contribution is 2.22. The van der Waals surface area contributed by atoms with Crippen LogP contribution in [0.2, 0.25) is 0 Å². The predicted octanol–water partition coefficient (Wildman–Crippen LogP) is 1.48. The lowest BCUT2D eigenvalue weighted by Crippen LogP contribution is -2.39. The molecule has 0 bridgehead atoms. The molecule has 1 atom stereocenters. The van der Waals surface area contributed by atoms with Gasteiger partial charge in [0, 0.05) is 31.7 Å². The molecule has 1 saturated heterocycles. The minimum Gasteiger partial charge on any atom is -0.291 e. The number of pyridine rings is 1. The smallest absolute Gasteiger partial charge is 0.211 e. The Bertz CT molecular complexity index is 711. The van der Waals surface area contributed by atoms with Crippen molar-refractivity contribution in [3.05, 3.63) is 42.6 Å². The van der Waals surface area contributed by atoms with Gasteiger partial charge in [0.15, 0.2) is 0 Å². The number of aromatic nitrogens is 3. The highest BCUT2D eigenvalue weighted by atomic mass is 32.2. The van der Waals surface area contributed by atoms with Crippen LogP contribution >= 0.6 is 0 Å². The van der Waals surface area contributed by atoms with Crippen LogP contribution in [0, 0.1) is 5.92 Å². The van der Waals surface area contributed by atoms with E-state index in [1.165, 1.54) is 6.26 Å².